The minimum atomic E-state index is 0.0187. The summed E-state index contributed by atoms with van der Waals surface area (Å²) in [7, 11) is 0. The maximum Gasteiger partial charge on any atom is 0.267 e. The highest BCUT2D eigenvalue weighted by Crippen LogP contribution is 2.36. The molecule has 4 rings (SSSR count). The number of aryl methyl sites for hydroxylation is 2. The van der Waals surface area contributed by atoms with Crippen LogP contribution in [0.1, 0.15) is 26.3 Å². The molecule has 0 amide bonds. The third-order valence-corrected chi connectivity index (χ3v) is 4.22. The van der Waals surface area contributed by atoms with E-state index in [2.05, 4.69) is 83.7 Å². The fourth-order valence-corrected chi connectivity index (χ4v) is 3.38. The van der Waals surface area contributed by atoms with Crippen molar-refractivity contribution in [2.75, 3.05) is 5.32 Å². The lowest BCUT2D eigenvalue weighted by molar-refractivity contribution is -0.495. The number of imidazole rings is 1. The van der Waals surface area contributed by atoms with Gasteiger partial charge in [-0.15, -0.1) is 0 Å². The van der Waals surface area contributed by atoms with E-state index < -0.39 is 0 Å². The normalized spacial score (nSPS) is 13.8. The first-order valence-electron chi connectivity index (χ1n) is 7.94. The Balaban J connectivity index is 2.06. The van der Waals surface area contributed by atoms with Crippen LogP contribution in [-0.4, -0.2) is 10.1 Å². The van der Waals surface area contributed by atoms with E-state index >= 15 is 0 Å². The van der Waals surface area contributed by atoms with E-state index in [4.69, 9.17) is 0 Å². The zero-order valence-electron chi connectivity index (χ0n) is 13.4. The standard InChI is InChI=1S/C19H22N3/c1-19(2,3)20-18-17-15-9-5-4-8-14(15)11-13-21(17)16-10-6-7-12-22(16)18/h4-10,12,20H,11,13H2,1-3H3/q+1. The van der Waals surface area contributed by atoms with E-state index in [0.29, 0.717) is 0 Å². The summed E-state index contributed by atoms with van der Waals surface area (Å²) in [5.74, 6) is 1.19. The lowest BCUT2D eigenvalue weighted by Gasteiger charge is -2.20. The Morgan fingerprint density at radius 1 is 1.05 bits per heavy atom. The Kier molecular flexibility index (Phi) is 2.80. The Bertz CT molecular complexity index is 853. The molecule has 0 saturated carbocycles. The molecule has 1 aliphatic heterocycles. The summed E-state index contributed by atoms with van der Waals surface area (Å²) in [6, 6.07) is 15.2. The average Bonchev–Trinajstić information content (AvgIpc) is 2.81. The lowest BCUT2D eigenvalue weighted by atomic mass is 9.98. The van der Waals surface area contributed by atoms with Gasteiger partial charge in [-0.2, -0.15) is 0 Å². The van der Waals surface area contributed by atoms with Crippen LogP contribution in [0.25, 0.3) is 16.9 Å². The molecule has 0 bridgehead atoms. The van der Waals surface area contributed by atoms with Crippen LogP contribution in [0, 0.1) is 0 Å². The van der Waals surface area contributed by atoms with Gasteiger partial charge in [0.1, 0.15) is 0 Å². The van der Waals surface area contributed by atoms with Crippen LogP contribution in [0.2, 0.25) is 0 Å². The van der Waals surface area contributed by atoms with E-state index in [-0.39, 0.29) is 5.54 Å². The van der Waals surface area contributed by atoms with E-state index in [0.717, 1.165) is 13.0 Å². The molecule has 0 atom stereocenters. The molecule has 0 fully saturated rings. The molecular formula is C19H22N3+. The van der Waals surface area contributed by atoms with Gasteiger partial charge in [-0.25, -0.2) is 4.40 Å². The number of aromatic nitrogens is 2. The van der Waals surface area contributed by atoms with E-state index in [1.165, 1.54) is 28.3 Å². The summed E-state index contributed by atoms with van der Waals surface area (Å²) in [6.07, 6.45) is 3.24. The molecule has 0 saturated heterocycles. The maximum absolute atomic E-state index is 3.72. The number of hydrogen-bond donors (Lipinski definition) is 1. The van der Waals surface area contributed by atoms with Crippen LogP contribution < -0.4 is 9.72 Å². The Hall–Kier alpha value is -2.29. The first kappa shape index (κ1) is 13.4. The predicted octanol–water partition coefficient (Wildman–Crippen LogP) is 3.66. The van der Waals surface area contributed by atoms with Crippen molar-refractivity contribution < 1.29 is 4.40 Å². The second-order valence-electron chi connectivity index (χ2n) is 7.06. The molecule has 1 aliphatic rings. The summed E-state index contributed by atoms with van der Waals surface area (Å²) in [5.41, 5.74) is 5.37. The molecule has 1 N–H and O–H groups in total. The second-order valence-corrected chi connectivity index (χ2v) is 7.06. The monoisotopic (exact) mass is 292 g/mol. The highest BCUT2D eigenvalue weighted by Gasteiger charge is 2.32. The molecule has 0 radical (unpaired) electrons. The zero-order chi connectivity index (χ0) is 15.3. The fraction of sp³-hybridized carbons (Fsp3) is 0.316. The first-order chi connectivity index (χ1) is 10.5. The summed E-state index contributed by atoms with van der Waals surface area (Å²) in [5, 5.41) is 3.72. The number of pyridine rings is 1. The SMILES string of the molecule is CC(C)(C)Nc1c2n(c3cccc[n+]13)CCc1ccccc1-2. The highest BCUT2D eigenvalue weighted by molar-refractivity contribution is 5.77. The van der Waals surface area contributed by atoms with Crippen LogP contribution in [-0.2, 0) is 13.0 Å². The predicted molar refractivity (Wildman–Crippen MR) is 90.1 cm³/mol. The molecule has 0 aliphatic carbocycles. The summed E-state index contributed by atoms with van der Waals surface area (Å²) >= 11 is 0. The number of rotatable bonds is 1. The van der Waals surface area contributed by atoms with E-state index in [1.807, 2.05) is 0 Å². The molecule has 0 spiro atoms. The van der Waals surface area contributed by atoms with Gasteiger partial charge in [-0.05, 0) is 32.4 Å². The fourth-order valence-electron chi connectivity index (χ4n) is 3.38. The third kappa shape index (κ3) is 2.00. The smallest absolute Gasteiger partial charge is 0.267 e. The van der Waals surface area contributed by atoms with Gasteiger partial charge in [-0.3, -0.25) is 9.88 Å². The summed E-state index contributed by atoms with van der Waals surface area (Å²) in [4.78, 5) is 0. The number of nitrogens with one attached hydrogen (secondary N) is 1. The van der Waals surface area contributed by atoms with Crippen LogP contribution in [0.15, 0.2) is 48.7 Å². The van der Waals surface area contributed by atoms with Gasteiger partial charge in [0, 0.05) is 18.1 Å². The Morgan fingerprint density at radius 3 is 2.64 bits per heavy atom. The number of benzene rings is 1. The Labute approximate surface area is 131 Å². The number of hydrogen-bond acceptors (Lipinski definition) is 1. The molecule has 3 nitrogen and oxygen atoms in total. The lowest BCUT2D eigenvalue weighted by Crippen LogP contribution is -2.33. The number of anilines is 1. The highest BCUT2D eigenvalue weighted by atomic mass is 15.2. The maximum atomic E-state index is 3.72. The van der Waals surface area contributed by atoms with Crippen LogP contribution in [0.4, 0.5) is 5.82 Å². The molecule has 112 valence electrons. The van der Waals surface area contributed by atoms with Crippen molar-refractivity contribution in [3.05, 3.63) is 54.2 Å². The molecule has 3 heteroatoms. The molecule has 22 heavy (non-hydrogen) atoms. The molecule has 1 aromatic carbocycles. The Morgan fingerprint density at radius 2 is 1.82 bits per heavy atom. The van der Waals surface area contributed by atoms with Crippen molar-refractivity contribution in [1.29, 1.82) is 0 Å². The van der Waals surface area contributed by atoms with Crippen molar-refractivity contribution in [2.45, 2.75) is 39.3 Å². The van der Waals surface area contributed by atoms with E-state index in [9.17, 15) is 0 Å². The second kappa shape index (κ2) is 4.60. The van der Waals surface area contributed by atoms with Crippen molar-refractivity contribution in [3.63, 3.8) is 0 Å². The third-order valence-electron chi connectivity index (χ3n) is 4.22. The molecule has 3 aromatic rings. The molecule has 0 unspecified atom stereocenters. The number of fused-ring (bicyclic) bond motifs is 5. The molecular weight excluding hydrogens is 270 g/mol. The van der Waals surface area contributed by atoms with Gasteiger partial charge in [0.05, 0.1) is 18.3 Å². The summed E-state index contributed by atoms with van der Waals surface area (Å²) in [6.45, 7) is 7.66. The molecule has 3 heterocycles. The van der Waals surface area contributed by atoms with Crippen molar-refractivity contribution in [3.8, 4) is 11.3 Å². The van der Waals surface area contributed by atoms with Crippen molar-refractivity contribution >= 4 is 11.5 Å². The minimum absolute atomic E-state index is 0.0187. The largest absolute Gasteiger partial charge is 0.298 e. The zero-order valence-corrected chi connectivity index (χ0v) is 13.4. The summed E-state index contributed by atoms with van der Waals surface area (Å²) < 4.78 is 4.72. The van der Waals surface area contributed by atoms with Crippen LogP contribution >= 0.6 is 0 Å². The number of nitrogens with zero attached hydrogens (tertiary/aromatic N) is 2. The van der Waals surface area contributed by atoms with Gasteiger partial charge in [-0.1, -0.05) is 30.3 Å². The molecule has 2 aromatic heterocycles. The van der Waals surface area contributed by atoms with Gasteiger partial charge in [0.25, 0.3) is 5.82 Å². The van der Waals surface area contributed by atoms with Gasteiger partial charge >= 0.3 is 0 Å². The van der Waals surface area contributed by atoms with Gasteiger partial charge in [0.2, 0.25) is 5.65 Å². The van der Waals surface area contributed by atoms with Gasteiger partial charge < -0.3 is 0 Å². The van der Waals surface area contributed by atoms with Crippen molar-refractivity contribution in [1.82, 2.24) is 4.57 Å². The van der Waals surface area contributed by atoms with E-state index in [1.54, 1.807) is 0 Å². The first-order valence-corrected chi connectivity index (χ1v) is 7.94. The van der Waals surface area contributed by atoms with Crippen LogP contribution in [0.5, 0.6) is 0 Å². The topological polar surface area (TPSA) is 21.1 Å². The van der Waals surface area contributed by atoms with Crippen LogP contribution in [0.3, 0.4) is 0 Å². The van der Waals surface area contributed by atoms with Crippen molar-refractivity contribution in [2.24, 2.45) is 0 Å². The van der Waals surface area contributed by atoms with Gasteiger partial charge in [0.15, 0.2) is 5.69 Å². The minimum Gasteiger partial charge on any atom is -0.298 e. The average molecular weight is 292 g/mol. The quantitative estimate of drug-likeness (QED) is 0.679.